The molecule has 4 heterocycles. The van der Waals surface area contributed by atoms with Gasteiger partial charge in [-0.2, -0.15) is 0 Å². The number of urea groups is 1. The van der Waals surface area contributed by atoms with Crippen molar-refractivity contribution >= 4 is 39.0 Å². The highest BCUT2D eigenvalue weighted by Gasteiger charge is 2.54. The number of hydrogen-bond acceptors (Lipinski definition) is 5. The van der Waals surface area contributed by atoms with Crippen molar-refractivity contribution in [2.75, 3.05) is 48.3 Å². The Labute approximate surface area is 172 Å². The van der Waals surface area contributed by atoms with Crippen molar-refractivity contribution in [3.63, 3.8) is 0 Å². The Hall–Kier alpha value is -2.39. The molecule has 5 rings (SSSR count). The quantitative estimate of drug-likeness (QED) is 0.686. The number of rotatable bonds is 1. The van der Waals surface area contributed by atoms with Gasteiger partial charge in [0.1, 0.15) is 11.6 Å². The molecule has 0 N–H and O–H groups in total. The Morgan fingerprint density at radius 3 is 2.59 bits per heavy atom. The van der Waals surface area contributed by atoms with Crippen LogP contribution in [0.15, 0.2) is 41.4 Å². The second-order valence-electron chi connectivity index (χ2n) is 7.91. The SMILES string of the molecule is O=C(N1CC2(C1)CN(c1ccc(F)cn1)C2)N1CCS(=O)(=O)c2cc(Cl)ccc21. The van der Waals surface area contributed by atoms with Crippen molar-refractivity contribution in [2.24, 2.45) is 5.41 Å². The van der Waals surface area contributed by atoms with E-state index in [1.165, 1.54) is 23.2 Å². The minimum Gasteiger partial charge on any atom is -0.355 e. The molecule has 0 bridgehead atoms. The molecule has 2 saturated heterocycles. The third-order valence-corrected chi connectivity index (χ3v) is 7.73. The Kier molecular flexibility index (Phi) is 4.05. The molecule has 2 aromatic rings. The number of benzene rings is 1. The molecule has 2 fully saturated rings. The van der Waals surface area contributed by atoms with Crippen molar-refractivity contribution < 1.29 is 17.6 Å². The van der Waals surface area contributed by atoms with Crippen LogP contribution in [0.5, 0.6) is 0 Å². The molecule has 0 radical (unpaired) electrons. The number of halogens is 2. The van der Waals surface area contributed by atoms with Crippen LogP contribution in [0.4, 0.5) is 20.7 Å². The van der Waals surface area contributed by atoms with Crippen LogP contribution >= 0.6 is 11.6 Å². The monoisotopic (exact) mass is 436 g/mol. The van der Waals surface area contributed by atoms with Crippen molar-refractivity contribution in [3.8, 4) is 0 Å². The molecular weight excluding hydrogens is 419 g/mol. The van der Waals surface area contributed by atoms with Gasteiger partial charge in [0.25, 0.3) is 0 Å². The molecule has 0 aliphatic carbocycles. The lowest BCUT2D eigenvalue weighted by Crippen LogP contribution is -2.74. The Morgan fingerprint density at radius 1 is 1.14 bits per heavy atom. The summed E-state index contributed by atoms with van der Waals surface area (Å²) in [6, 6.07) is 7.44. The van der Waals surface area contributed by atoms with Gasteiger partial charge < -0.3 is 9.80 Å². The van der Waals surface area contributed by atoms with Crippen LogP contribution in [0.25, 0.3) is 0 Å². The maximum absolute atomic E-state index is 13.0. The third kappa shape index (κ3) is 3.03. The summed E-state index contributed by atoms with van der Waals surface area (Å²) >= 11 is 5.96. The van der Waals surface area contributed by atoms with Crippen molar-refractivity contribution in [3.05, 3.63) is 47.4 Å². The number of anilines is 2. The van der Waals surface area contributed by atoms with Gasteiger partial charge in [-0.3, -0.25) is 4.90 Å². The van der Waals surface area contributed by atoms with E-state index >= 15 is 0 Å². The zero-order valence-corrected chi connectivity index (χ0v) is 17.0. The molecule has 0 atom stereocenters. The lowest BCUT2D eigenvalue weighted by molar-refractivity contribution is 0.00968. The van der Waals surface area contributed by atoms with Crippen molar-refractivity contribution in [1.82, 2.24) is 9.88 Å². The van der Waals surface area contributed by atoms with Gasteiger partial charge in [-0.1, -0.05) is 11.6 Å². The standard InChI is InChI=1S/C19H18ClFN4O3S/c20-13-1-3-15-16(7-13)29(27,28)6-5-25(15)18(26)24-11-19(12-24)9-23(10-19)17-4-2-14(21)8-22-17/h1-4,7-8H,5-6,9-12H2. The van der Waals surface area contributed by atoms with E-state index in [-0.39, 0.29) is 34.5 Å². The van der Waals surface area contributed by atoms with Crippen LogP contribution in [0.2, 0.25) is 5.02 Å². The lowest BCUT2D eigenvalue weighted by Gasteiger charge is -2.60. The lowest BCUT2D eigenvalue weighted by atomic mass is 9.73. The summed E-state index contributed by atoms with van der Waals surface area (Å²) in [4.78, 5) is 22.5. The molecule has 2 amide bonds. The topological polar surface area (TPSA) is 73.8 Å². The molecule has 3 aliphatic heterocycles. The van der Waals surface area contributed by atoms with Crippen LogP contribution < -0.4 is 9.80 Å². The molecule has 10 heteroatoms. The van der Waals surface area contributed by atoms with E-state index < -0.39 is 9.84 Å². The fourth-order valence-corrected chi connectivity index (χ4v) is 6.03. The number of amides is 2. The predicted octanol–water partition coefficient (Wildman–Crippen LogP) is 2.41. The van der Waals surface area contributed by atoms with E-state index in [1.807, 2.05) is 0 Å². The fourth-order valence-electron chi connectivity index (χ4n) is 4.35. The van der Waals surface area contributed by atoms with Crippen LogP contribution in [-0.2, 0) is 9.84 Å². The Balaban J connectivity index is 1.27. The Bertz CT molecular complexity index is 1090. The van der Waals surface area contributed by atoms with Gasteiger partial charge in [0.05, 0.1) is 22.5 Å². The van der Waals surface area contributed by atoms with Gasteiger partial charge >= 0.3 is 6.03 Å². The largest absolute Gasteiger partial charge is 0.355 e. The fraction of sp³-hybridized carbons (Fsp3) is 0.368. The molecular formula is C19H18ClFN4O3S. The molecule has 29 heavy (non-hydrogen) atoms. The maximum Gasteiger partial charge on any atom is 0.324 e. The van der Waals surface area contributed by atoms with Gasteiger partial charge in [0.2, 0.25) is 0 Å². The summed E-state index contributed by atoms with van der Waals surface area (Å²) in [7, 11) is -3.44. The summed E-state index contributed by atoms with van der Waals surface area (Å²) in [5, 5.41) is 0.327. The summed E-state index contributed by atoms with van der Waals surface area (Å²) in [5.74, 6) is 0.248. The molecule has 3 aliphatic rings. The normalized spacial score (nSPS) is 21.4. The minimum absolute atomic E-state index is 0.0242. The van der Waals surface area contributed by atoms with Gasteiger partial charge in [0, 0.05) is 43.2 Å². The average molecular weight is 437 g/mol. The molecule has 1 aromatic heterocycles. The van der Waals surface area contributed by atoms with E-state index in [1.54, 1.807) is 23.1 Å². The molecule has 0 unspecified atom stereocenters. The summed E-state index contributed by atoms with van der Waals surface area (Å²) < 4.78 is 37.7. The first kappa shape index (κ1) is 18.6. The van der Waals surface area contributed by atoms with E-state index in [0.717, 1.165) is 18.9 Å². The zero-order chi connectivity index (χ0) is 20.4. The molecule has 1 aromatic carbocycles. The first-order valence-electron chi connectivity index (χ1n) is 9.22. The number of aromatic nitrogens is 1. The minimum atomic E-state index is -3.44. The van der Waals surface area contributed by atoms with Gasteiger partial charge in [-0.05, 0) is 30.3 Å². The predicted molar refractivity (Wildman–Crippen MR) is 107 cm³/mol. The molecule has 152 valence electrons. The van der Waals surface area contributed by atoms with Gasteiger partial charge in [-0.15, -0.1) is 0 Å². The van der Waals surface area contributed by atoms with Gasteiger partial charge in [0.15, 0.2) is 9.84 Å². The highest BCUT2D eigenvalue weighted by Crippen LogP contribution is 2.42. The molecule has 0 saturated carbocycles. The average Bonchev–Trinajstić information content (AvgIpc) is 2.61. The van der Waals surface area contributed by atoms with Crippen LogP contribution in [-0.4, -0.2) is 62.8 Å². The third-order valence-electron chi connectivity index (χ3n) is 5.77. The van der Waals surface area contributed by atoms with E-state index in [2.05, 4.69) is 9.88 Å². The summed E-state index contributed by atoms with van der Waals surface area (Å²) in [5.41, 5.74) is 0.411. The number of likely N-dealkylation sites (tertiary alicyclic amines) is 1. The zero-order valence-electron chi connectivity index (χ0n) is 15.4. The number of carbonyl (C=O) groups is 1. The van der Waals surface area contributed by atoms with Crippen LogP contribution in [0.3, 0.4) is 0 Å². The number of hydrogen-bond donors (Lipinski definition) is 0. The number of fused-ring (bicyclic) bond motifs is 1. The molecule has 1 spiro atoms. The highest BCUT2D eigenvalue weighted by atomic mass is 35.5. The molecule has 7 nitrogen and oxygen atoms in total. The number of pyridine rings is 1. The van der Waals surface area contributed by atoms with Crippen LogP contribution in [0.1, 0.15) is 0 Å². The second-order valence-corrected chi connectivity index (χ2v) is 10.4. The van der Waals surface area contributed by atoms with E-state index in [0.29, 0.717) is 23.8 Å². The first-order valence-corrected chi connectivity index (χ1v) is 11.2. The van der Waals surface area contributed by atoms with Crippen molar-refractivity contribution in [2.45, 2.75) is 4.90 Å². The number of nitrogens with zero attached hydrogens (tertiary/aromatic N) is 4. The van der Waals surface area contributed by atoms with Crippen molar-refractivity contribution in [1.29, 1.82) is 0 Å². The summed E-state index contributed by atoms with van der Waals surface area (Å²) in [6.07, 6.45) is 1.20. The Morgan fingerprint density at radius 2 is 1.90 bits per heavy atom. The highest BCUT2D eigenvalue weighted by molar-refractivity contribution is 7.91. The first-order chi connectivity index (χ1) is 13.8. The maximum atomic E-state index is 13.0. The second kappa shape index (κ2) is 6.30. The number of carbonyl (C=O) groups excluding carboxylic acids is 1. The summed E-state index contributed by atoms with van der Waals surface area (Å²) in [6.45, 7) is 2.86. The smallest absolute Gasteiger partial charge is 0.324 e. The number of sulfone groups is 1. The van der Waals surface area contributed by atoms with Crippen LogP contribution in [0, 0.1) is 11.2 Å². The van der Waals surface area contributed by atoms with E-state index in [4.69, 9.17) is 11.6 Å². The van der Waals surface area contributed by atoms with E-state index in [9.17, 15) is 17.6 Å². The van der Waals surface area contributed by atoms with Gasteiger partial charge in [-0.25, -0.2) is 22.6 Å².